The molecule has 0 bridgehead atoms. The van der Waals surface area contributed by atoms with Crippen molar-refractivity contribution in [2.75, 3.05) is 11.4 Å². The molecule has 0 unspecified atom stereocenters. The van der Waals surface area contributed by atoms with Crippen LogP contribution in [0, 0.1) is 0 Å². The molecule has 0 atom stereocenters. The second-order valence-electron chi connectivity index (χ2n) is 4.85. The smallest absolute Gasteiger partial charge is 0.336 e. The number of hydrogen-bond acceptors (Lipinski definition) is 2. The average molecular weight is 332 g/mol. The highest BCUT2D eigenvalue weighted by atomic mass is 79.9. The van der Waals surface area contributed by atoms with Crippen LogP contribution in [-0.2, 0) is 6.42 Å². The van der Waals surface area contributed by atoms with Crippen LogP contribution in [0.3, 0.4) is 0 Å². The Hall–Kier alpha value is -1.81. The van der Waals surface area contributed by atoms with E-state index in [-0.39, 0.29) is 0 Å². The summed E-state index contributed by atoms with van der Waals surface area (Å²) < 4.78 is 0.616. The number of anilines is 2. The van der Waals surface area contributed by atoms with Gasteiger partial charge in [0.05, 0.1) is 5.56 Å². The van der Waals surface area contributed by atoms with Crippen molar-refractivity contribution in [3.63, 3.8) is 0 Å². The van der Waals surface area contributed by atoms with Gasteiger partial charge in [0.15, 0.2) is 0 Å². The third kappa shape index (κ3) is 2.31. The van der Waals surface area contributed by atoms with Gasteiger partial charge in [0, 0.05) is 22.4 Å². The Morgan fingerprint density at radius 2 is 2.00 bits per heavy atom. The maximum Gasteiger partial charge on any atom is 0.336 e. The number of carboxylic acid groups (broad SMARTS) is 1. The fourth-order valence-corrected chi connectivity index (χ4v) is 3.18. The molecule has 0 fully saturated rings. The number of aromatic carboxylic acids is 1. The third-order valence-corrected chi connectivity index (χ3v) is 4.26. The minimum Gasteiger partial charge on any atom is -0.478 e. The van der Waals surface area contributed by atoms with Gasteiger partial charge in [0.2, 0.25) is 0 Å². The van der Waals surface area contributed by atoms with Crippen LogP contribution in [0.25, 0.3) is 0 Å². The molecule has 0 radical (unpaired) electrons. The van der Waals surface area contributed by atoms with Gasteiger partial charge >= 0.3 is 5.97 Å². The predicted molar refractivity (Wildman–Crippen MR) is 82.9 cm³/mol. The molecule has 0 spiro atoms. The second kappa shape index (κ2) is 5.29. The first-order valence-corrected chi connectivity index (χ1v) is 7.34. The average Bonchev–Trinajstić information content (AvgIpc) is 2.46. The first-order chi connectivity index (χ1) is 9.66. The first-order valence-electron chi connectivity index (χ1n) is 6.55. The van der Waals surface area contributed by atoms with Crippen LogP contribution in [-0.4, -0.2) is 17.6 Å². The van der Waals surface area contributed by atoms with E-state index in [0.717, 1.165) is 25.1 Å². The predicted octanol–water partition coefficient (Wildman–Crippen LogP) is 4.23. The van der Waals surface area contributed by atoms with E-state index in [0.29, 0.717) is 10.0 Å². The lowest BCUT2D eigenvalue weighted by atomic mass is 10.0. The lowest BCUT2D eigenvalue weighted by Crippen LogP contribution is -2.24. The highest BCUT2D eigenvalue weighted by molar-refractivity contribution is 9.10. The molecule has 4 heteroatoms. The molecule has 2 aromatic rings. The molecular weight excluding hydrogens is 318 g/mol. The summed E-state index contributed by atoms with van der Waals surface area (Å²) >= 11 is 3.35. The Morgan fingerprint density at radius 3 is 2.75 bits per heavy atom. The number of benzene rings is 2. The lowest BCUT2D eigenvalue weighted by Gasteiger charge is -2.31. The van der Waals surface area contributed by atoms with E-state index in [2.05, 4.69) is 39.0 Å². The van der Waals surface area contributed by atoms with Crippen molar-refractivity contribution in [3.05, 3.63) is 58.1 Å². The Bertz CT molecular complexity index is 669. The fourth-order valence-electron chi connectivity index (χ4n) is 2.65. The molecule has 0 aromatic heterocycles. The number of para-hydroxylation sites is 1. The van der Waals surface area contributed by atoms with Crippen LogP contribution in [0.4, 0.5) is 11.4 Å². The normalized spacial score (nSPS) is 13.9. The van der Waals surface area contributed by atoms with E-state index in [4.69, 9.17) is 5.11 Å². The zero-order valence-electron chi connectivity index (χ0n) is 10.8. The zero-order chi connectivity index (χ0) is 14.1. The molecule has 3 rings (SSSR count). The number of halogens is 1. The summed E-state index contributed by atoms with van der Waals surface area (Å²) in [5.41, 5.74) is 3.87. The van der Waals surface area contributed by atoms with E-state index < -0.39 is 5.97 Å². The molecule has 20 heavy (non-hydrogen) atoms. The Morgan fingerprint density at radius 1 is 1.20 bits per heavy atom. The quantitative estimate of drug-likeness (QED) is 0.895. The van der Waals surface area contributed by atoms with E-state index in [9.17, 15) is 4.79 Å². The maximum absolute atomic E-state index is 11.1. The number of hydrogen-bond donors (Lipinski definition) is 1. The number of aryl methyl sites for hydroxylation is 1. The highest BCUT2D eigenvalue weighted by Crippen LogP contribution is 2.35. The van der Waals surface area contributed by atoms with Crippen LogP contribution in [0.1, 0.15) is 22.3 Å². The third-order valence-electron chi connectivity index (χ3n) is 3.60. The second-order valence-corrected chi connectivity index (χ2v) is 5.71. The van der Waals surface area contributed by atoms with Crippen LogP contribution >= 0.6 is 15.9 Å². The van der Waals surface area contributed by atoms with Crippen molar-refractivity contribution in [3.8, 4) is 0 Å². The topological polar surface area (TPSA) is 40.5 Å². The Labute approximate surface area is 126 Å². The largest absolute Gasteiger partial charge is 0.478 e. The van der Waals surface area contributed by atoms with Gasteiger partial charge in [0.1, 0.15) is 0 Å². The van der Waals surface area contributed by atoms with E-state index in [1.54, 1.807) is 6.07 Å². The van der Waals surface area contributed by atoms with E-state index >= 15 is 0 Å². The molecule has 102 valence electrons. The number of fused-ring (bicyclic) bond motifs is 1. The van der Waals surface area contributed by atoms with Gasteiger partial charge in [-0.3, -0.25) is 0 Å². The van der Waals surface area contributed by atoms with Gasteiger partial charge in [-0.05, 0) is 58.6 Å². The van der Waals surface area contributed by atoms with Crippen molar-refractivity contribution in [2.24, 2.45) is 0 Å². The van der Waals surface area contributed by atoms with Crippen molar-refractivity contribution >= 4 is 33.3 Å². The maximum atomic E-state index is 11.1. The molecule has 0 amide bonds. The van der Waals surface area contributed by atoms with Gasteiger partial charge in [-0.25, -0.2) is 4.79 Å². The van der Waals surface area contributed by atoms with Crippen LogP contribution in [0.15, 0.2) is 46.9 Å². The van der Waals surface area contributed by atoms with Crippen molar-refractivity contribution in [1.82, 2.24) is 0 Å². The molecular formula is C16H14BrNO2. The first kappa shape index (κ1) is 13.2. The number of rotatable bonds is 2. The Kier molecular flexibility index (Phi) is 3.49. The monoisotopic (exact) mass is 331 g/mol. The zero-order valence-corrected chi connectivity index (χ0v) is 12.4. The van der Waals surface area contributed by atoms with Crippen molar-refractivity contribution in [2.45, 2.75) is 12.8 Å². The van der Waals surface area contributed by atoms with Gasteiger partial charge in [0.25, 0.3) is 0 Å². The molecule has 0 saturated heterocycles. The number of carboxylic acids is 1. The van der Waals surface area contributed by atoms with E-state index in [1.165, 1.54) is 11.3 Å². The molecule has 0 saturated carbocycles. The molecule has 2 aromatic carbocycles. The standard InChI is InChI=1S/C16H14BrNO2/c17-14-10-12(7-8-13(14)16(19)20)18-9-3-5-11-4-1-2-6-15(11)18/h1-2,4,6-8,10H,3,5,9H2,(H,19,20). The van der Waals surface area contributed by atoms with Crippen LogP contribution in [0.5, 0.6) is 0 Å². The lowest BCUT2D eigenvalue weighted by molar-refractivity contribution is 0.0696. The van der Waals surface area contributed by atoms with Gasteiger partial charge < -0.3 is 10.0 Å². The number of carbonyl (C=O) groups is 1. The summed E-state index contributed by atoms with van der Waals surface area (Å²) in [7, 11) is 0. The fraction of sp³-hybridized carbons (Fsp3) is 0.188. The summed E-state index contributed by atoms with van der Waals surface area (Å²) in [6.45, 7) is 0.954. The molecule has 1 N–H and O–H groups in total. The summed E-state index contributed by atoms with van der Waals surface area (Å²) in [5.74, 6) is -0.914. The summed E-state index contributed by atoms with van der Waals surface area (Å²) in [5, 5.41) is 9.08. The molecule has 0 aliphatic carbocycles. The Balaban J connectivity index is 2.03. The van der Waals surface area contributed by atoms with Gasteiger partial charge in [-0.1, -0.05) is 18.2 Å². The molecule has 1 heterocycles. The summed E-state index contributed by atoms with van der Waals surface area (Å²) in [6, 6.07) is 13.8. The van der Waals surface area contributed by atoms with Crippen molar-refractivity contribution in [1.29, 1.82) is 0 Å². The minimum absolute atomic E-state index is 0.291. The van der Waals surface area contributed by atoms with Gasteiger partial charge in [-0.15, -0.1) is 0 Å². The summed E-state index contributed by atoms with van der Waals surface area (Å²) in [6.07, 6.45) is 2.20. The van der Waals surface area contributed by atoms with E-state index in [1.807, 2.05) is 18.2 Å². The SMILES string of the molecule is O=C(O)c1ccc(N2CCCc3ccccc32)cc1Br. The summed E-state index contributed by atoms with van der Waals surface area (Å²) in [4.78, 5) is 13.3. The minimum atomic E-state index is -0.914. The highest BCUT2D eigenvalue weighted by Gasteiger charge is 2.19. The van der Waals surface area contributed by atoms with Crippen molar-refractivity contribution < 1.29 is 9.90 Å². The van der Waals surface area contributed by atoms with Gasteiger partial charge in [-0.2, -0.15) is 0 Å². The van der Waals surface area contributed by atoms with Crippen LogP contribution < -0.4 is 4.90 Å². The van der Waals surface area contributed by atoms with Crippen LogP contribution in [0.2, 0.25) is 0 Å². The molecule has 1 aliphatic rings. The molecule has 1 aliphatic heterocycles. The number of nitrogens with zero attached hydrogens (tertiary/aromatic N) is 1. The molecule has 3 nitrogen and oxygen atoms in total.